The van der Waals surface area contributed by atoms with Crippen molar-refractivity contribution >= 4 is 28.3 Å². The molecule has 0 atom stereocenters. The van der Waals surface area contributed by atoms with Crippen LogP contribution in [0.25, 0.3) is 16.8 Å². The number of thiazole rings is 1. The summed E-state index contributed by atoms with van der Waals surface area (Å²) in [4.78, 5) is 14.8. The van der Waals surface area contributed by atoms with Gasteiger partial charge in [0.25, 0.3) is 5.69 Å². The Morgan fingerprint density at radius 2 is 2.07 bits per heavy atom. The number of nitriles is 1. The van der Waals surface area contributed by atoms with E-state index in [9.17, 15) is 15.4 Å². The van der Waals surface area contributed by atoms with Crippen LogP contribution < -0.4 is 10.1 Å². The molecule has 1 aromatic heterocycles. The first-order valence-electron chi connectivity index (χ1n) is 8.41. The normalized spacial score (nSPS) is 10.9. The van der Waals surface area contributed by atoms with Crippen LogP contribution in [0.3, 0.4) is 0 Å². The van der Waals surface area contributed by atoms with Crippen molar-refractivity contribution < 1.29 is 9.66 Å². The number of ether oxygens (including phenoxy) is 1. The number of para-hydroxylation sites is 2. The molecule has 28 heavy (non-hydrogen) atoms. The van der Waals surface area contributed by atoms with Gasteiger partial charge in [0.1, 0.15) is 22.4 Å². The maximum atomic E-state index is 10.8. The van der Waals surface area contributed by atoms with Gasteiger partial charge in [0.15, 0.2) is 0 Å². The molecule has 0 saturated carbocycles. The van der Waals surface area contributed by atoms with Crippen LogP contribution in [0.5, 0.6) is 5.75 Å². The number of hydrogen-bond donors (Lipinski definition) is 1. The van der Waals surface area contributed by atoms with Crippen molar-refractivity contribution in [3.05, 3.63) is 75.2 Å². The lowest BCUT2D eigenvalue weighted by atomic mass is 10.1. The molecule has 1 heterocycles. The van der Waals surface area contributed by atoms with Crippen LogP contribution in [0.1, 0.15) is 11.9 Å². The Morgan fingerprint density at radius 1 is 1.32 bits per heavy atom. The SMILES string of the molecule is CCOc1ccccc1N/C=C(\C#N)c1nc(-c2ccc([N+](=O)[O-])cc2)cs1. The molecule has 0 amide bonds. The Labute approximate surface area is 165 Å². The van der Waals surface area contributed by atoms with E-state index in [1.807, 2.05) is 36.6 Å². The molecule has 0 unspecified atom stereocenters. The fraction of sp³-hybridized carbons (Fsp3) is 0.100. The molecule has 0 bridgehead atoms. The Balaban J connectivity index is 1.81. The average molecular weight is 392 g/mol. The lowest BCUT2D eigenvalue weighted by Crippen LogP contribution is -1.97. The van der Waals surface area contributed by atoms with Gasteiger partial charge in [-0.05, 0) is 31.2 Å². The maximum Gasteiger partial charge on any atom is 0.269 e. The summed E-state index contributed by atoms with van der Waals surface area (Å²) in [5.41, 5.74) is 2.56. The molecule has 0 saturated heterocycles. The molecule has 0 fully saturated rings. The molecule has 1 N–H and O–H groups in total. The highest BCUT2D eigenvalue weighted by Gasteiger charge is 2.11. The molecule has 7 nitrogen and oxygen atoms in total. The van der Waals surface area contributed by atoms with E-state index in [0.29, 0.717) is 28.6 Å². The molecular weight excluding hydrogens is 376 g/mol. The van der Waals surface area contributed by atoms with E-state index in [0.717, 1.165) is 11.3 Å². The Morgan fingerprint density at radius 3 is 2.75 bits per heavy atom. The fourth-order valence-corrected chi connectivity index (χ4v) is 3.24. The number of rotatable bonds is 7. The minimum absolute atomic E-state index is 0.0222. The molecule has 3 aromatic rings. The Hall–Kier alpha value is -3.70. The summed E-state index contributed by atoms with van der Waals surface area (Å²) in [7, 11) is 0. The van der Waals surface area contributed by atoms with Crippen molar-refractivity contribution in [2.45, 2.75) is 6.92 Å². The predicted molar refractivity (Wildman–Crippen MR) is 109 cm³/mol. The van der Waals surface area contributed by atoms with Crippen LogP contribution >= 0.6 is 11.3 Å². The summed E-state index contributed by atoms with van der Waals surface area (Å²) in [5, 5.41) is 25.7. The maximum absolute atomic E-state index is 10.8. The molecule has 3 rings (SSSR count). The van der Waals surface area contributed by atoms with Gasteiger partial charge in [-0.15, -0.1) is 11.3 Å². The van der Waals surface area contributed by atoms with Gasteiger partial charge in [0, 0.05) is 29.3 Å². The first kappa shape index (κ1) is 19.1. The Bertz CT molecular complexity index is 1050. The molecule has 140 valence electrons. The van der Waals surface area contributed by atoms with Gasteiger partial charge < -0.3 is 10.1 Å². The largest absolute Gasteiger partial charge is 0.492 e. The third-order valence-electron chi connectivity index (χ3n) is 3.79. The number of nitro groups is 1. The van der Waals surface area contributed by atoms with Gasteiger partial charge in [-0.1, -0.05) is 12.1 Å². The van der Waals surface area contributed by atoms with Crippen LogP contribution in [0, 0.1) is 21.4 Å². The standard InChI is InChI=1S/C20H16N4O3S/c1-2-27-19-6-4-3-5-17(19)22-12-15(11-21)20-23-18(13-28-20)14-7-9-16(10-8-14)24(25)26/h3-10,12-13,22H,2H2,1H3/b15-12+. The van der Waals surface area contributed by atoms with Crippen LogP contribution in [0.4, 0.5) is 11.4 Å². The van der Waals surface area contributed by atoms with Gasteiger partial charge in [-0.3, -0.25) is 10.1 Å². The monoisotopic (exact) mass is 392 g/mol. The van der Waals surface area contributed by atoms with Crippen molar-refractivity contribution in [1.29, 1.82) is 5.26 Å². The highest BCUT2D eigenvalue weighted by Crippen LogP contribution is 2.28. The van der Waals surface area contributed by atoms with Gasteiger partial charge in [-0.25, -0.2) is 4.98 Å². The number of non-ortho nitro benzene ring substituents is 1. The Kier molecular flexibility index (Phi) is 5.99. The summed E-state index contributed by atoms with van der Waals surface area (Å²) in [6.45, 7) is 2.45. The first-order chi connectivity index (χ1) is 13.6. The number of anilines is 1. The second-order valence-corrected chi connectivity index (χ2v) is 6.44. The summed E-state index contributed by atoms with van der Waals surface area (Å²) in [6, 6.07) is 15.8. The van der Waals surface area contributed by atoms with Crippen molar-refractivity contribution in [3.8, 4) is 23.1 Å². The molecule has 0 aliphatic carbocycles. The zero-order valence-corrected chi connectivity index (χ0v) is 15.8. The number of benzene rings is 2. The minimum Gasteiger partial charge on any atom is -0.492 e. The number of allylic oxidation sites excluding steroid dienone is 1. The zero-order chi connectivity index (χ0) is 19.9. The smallest absolute Gasteiger partial charge is 0.269 e. The van der Waals surface area contributed by atoms with E-state index >= 15 is 0 Å². The number of aromatic nitrogens is 1. The van der Waals surface area contributed by atoms with Crippen molar-refractivity contribution in [2.24, 2.45) is 0 Å². The third-order valence-corrected chi connectivity index (χ3v) is 4.66. The molecule has 2 aromatic carbocycles. The molecule has 0 radical (unpaired) electrons. The average Bonchev–Trinajstić information content (AvgIpc) is 3.20. The highest BCUT2D eigenvalue weighted by atomic mass is 32.1. The van der Waals surface area contributed by atoms with E-state index in [1.165, 1.54) is 23.5 Å². The van der Waals surface area contributed by atoms with Crippen LogP contribution in [-0.4, -0.2) is 16.5 Å². The van der Waals surface area contributed by atoms with Crippen molar-refractivity contribution in [1.82, 2.24) is 4.98 Å². The van der Waals surface area contributed by atoms with E-state index in [1.54, 1.807) is 18.3 Å². The lowest BCUT2D eigenvalue weighted by Gasteiger charge is -2.09. The second kappa shape index (κ2) is 8.79. The molecule has 0 spiro atoms. The highest BCUT2D eigenvalue weighted by molar-refractivity contribution is 7.11. The van der Waals surface area contributed by atoms with Crippen LogP contribution in [-0.2, 0) is 0 Å². The first-order valence-corrected chi connectivity index (χ1v) is 9.29. The number of nitrogens with zero attached hydrogens (tertiary/aromatic N) is 3. The third kappa shape index (κ3) is 4.34. The van der Waals surface area contributed by atoms with E-state index < -0.39 is 4.92 Å². The van der Waals surface area contributed by atoms with Crippen molar-refractivity contribution in [2.75, 3.05) is 11.9 Å². The van der Waals surface area contributed by atoms with E-state index in [-0.39, 0.29) is 5.69 Å². The van der Waals surface area contributed by atoms with Crippen LogP contribution in [0.2, 0.25) is 0 Å². The number of nitro benzene ring substituents is 1. The minimum atomic E-state index is -0.446. The van der Waals surface area contributed by atoms with Gasteiger partial charge >= 0.3 is 0 Å². The fourth-order valence-electron chi connectivity index (χ4n) is 2.44. The summed E-state index contributed by atoms with van der Waals surface area (Å²) in [6.07, 6.45) is 1.59. The predicted octanol–water partition coefficient (Wildman–Crippen LogP) is 5.09. The van der Waals surface area contributed by atoms with Crippen LogP contribution in [0.15, 0.2) is 60.1 Å². The topological polar surface area (TPSA) is 101 Å². The van der Waals surface area contributed by atoms with Gasteiger partial charge in [0.05, 0.1) is 22.9 Å². The van der Waals surface area contributed by atoms with Gasteiger partial charge in [-0.2, -0.15) is 5.26 Å². The molecular formula is C20H16N4O3S. The van der Waals surface area contributed by atoms with Gasteiger partial charge in [0.2, 0.25) is 0 Å². The number of nitrogens with one attached hydrogen (secondary N) is 1. The molecule has 8 heteroatoms. The van der Waals surface area contributed by atoms with Crippen molar-refractivity contribution in [3.63, 3.8) is 0 Å². The summed E-state index contributed by atoms with van der Waals surface area (Å²) >= 11 is 1.33. The zero-order valence-electron chi connectivity index (χ0n) is 15.0. The van der Waals surface area contributed by atoms with E-state index in [4.69, 9.17) is 4.74 Å². The molecule has 0 aliphatic heterocycles. The quantitative estimate of drug-likeness (QED) is 0.341. The summed E-state index contributed by atoms with van der Waals surface area (Å²) < 4.78 is 5.56. The summed E-state index contributed by atoms with van der Waals surface area (Å²) in [5.74, 6) is 0.698. The number of hydrogen-bond acceptors (Lipinski definition) is 7. The molecule has 0 aliphatic rings. The second-order valence-electron chi connectivity index (χ2n) is 5.59. The lowest BCUT2D eigenvalue weighted by molar-refractivity contribution is -0.384. The van der Waals surface area contributed by atoms with E-state index in [2.05, 4.69) is 16.4 Å².